The van der Waals surface area contributed by atoms with Gasteiger partial charge < -0.3 is 15.5 Å². The van der Waals surface area contributed by atoms with Crippen LogP contribution in [0.25, 0.3) is 0 Å². The Bertz CT molecular complexity index is 1140. The Labute approximate surface area is 199 Å². The summed E-state index contributed by atoms with van der Waals surface area (Å²) >= 11 is 0. The number of benzene rings is 2. The van der Waals surface area contributed by atoms with Crippen molar-refractivity contribution in [1.82, 2.24) is 20.4 Å². The number of carbonyl (C=O) groups is 3. The average molecular weight is 485 g/mol. The van der Waals surface area contributed by atoms with Gasteiger partial charge in [-0.1, -0.05) is 42.5 Å². The normalized spacial score (nSPS) is 19.2. The molecule has 2 heterocycles. The van der Waals surface area contributed by atoms with Crippen LogP contribution in [0.5, 0.6) is 0 Å². The minimum absolute atomic E-state index is 0.0395. The summed E-state index contributed by atoms with van der Waals surface area (Å²) < 4.78 is 23.7. The van der Waals surface area contributed by atoms with Gasteiger partial charge in [-0.3, -0.25) is 19.3 Å². The lowest BCUT2D eigenvalue weighted by molar-refractivity contribution is -0.127. The lowest BCUT2D eigenvalue weighted by Gasteiger charge is -2.33. The highest BCUT2D eigenvalue weighted by atomic mass is 32.2. The van der Waals surface area contributed by atoms with Crippen LogP contribution < -0.4 is 10.6 Å². The summed E-state index contributed by atoms with van der Waals surface area (Å²) in [6.45, 7) is 1.85. The van der Waals surface area contributed by atoms with E-state index in [1.807, 2.05) is 35.2 Å². The first-order chi connectivity index (χ1) is 16.3. The maximum atomic E-state index is 13.2. The van der Waals surface area contributed by atoms with Crippen LogP contribution in [0.2, 0.25) is 0 Å². The maximum Gasteiger partial charge on any atom is 0.254 e. The summed E-state index contributed by atoms with van der Waals surface area (Å²) in [4.78, 5) is 40.8. The Hall–Kier alpha value is -3.24. The van der Waals surface area contributed by atoms with Crippen molar-refractivity contribution >= 4 is 27.6 Å². The van der Waals surface area contributed by atoms with Crippen LogP contribution >= 0.6 is 0 Å². The van der Waals surface area contributed by atoms with Gasteiger partial charge in [0.05, 0.1) is 18.1 Å². The standard InChI is InChI=1S/C24H28N4O5S/c29-21-17-28(11-10-25-21)24(31)20-8-6-18(7-9-20)16-26-23(30)22(19-4-2-1-3-5-19)27-12-14-34(32,33)15-13-27/h1-9,22H,10-17H2,(H,25,29)(H,26,30). The Morgan fingerprint density at radius 3 is 2.29 bits per heavy atom. The van der Waals surface area contributed by atoms with Crippen LogP contribution in [0.1, 0.15) is 27.5 Å². The highest BCUT2D eigenvalue weighted by molar-refractivity contribution is 7.91. The van der Waals surface area contributed by atoms with Crippen molar-refractivity contribution in [2.45, 2.75) is 12.6 Å². The van der Waals surface area contributed by atoms with E-state index in [1.54, 1.807) is 24.3 Å². The van der Waals surface area contributed by atoms with E-state index in [0.29, 0.717) is 31.7 Å². The third-order valence-electron chi connectivity index (χ3n) is 6.10. The van der Waals surface area contributed by atoms with E-state index in [1.165, 1.54) is 4.90 Å². The zero-order valence-electron chi connectivity index (χ0n) is 18.8. The number of rotatable bonds is 6. The monoisotopic (exact) mass is 484 g/mol. The average Bonchev–Trinajstić information content (AvgIpc) is 2.84. The van der Waals surface area contributed by atoms with Crippen molar-refractivity contribution in [2.24, 2.45) is 0 Å². The number of piperazine rings is 1. The molecule has 1 atom stereocenters. The van der Waals surface area contributed by atoms with Crippen LogP contribution in [0.15, 0.2) is 54.6 Å². The number of sulfone groups is 1. The van der Waals surface area contributed by atoms with Gasteiger partial charge in [0, 0.05) is 38.3 Å². The predicted octanol–water partition coefficient (Wildman–Crippen LogP) is 0.347. The quantitative estimate of drug-likeness (QED) is 0.611. The third kappa shape index (κ3) is 5.81. The molecule has 1 unspecified atom stereocenters. The van der Waals surface area contributed by atoms with Crippen LogP contribution in [0, 0.1) is 0 Å². The van der Waals surface area contributed by atoms with E-state index in [2.05, 4.69) is 10.6 Å². The molecule has 34 heavy (non-hydrogen) atoms. The molecule has 2 saturated heterocycles. The number of nitrogens with one attached hydrogen (secondary N) is 2. The zero-order valence-corrected chi connectivity index (χ0v) is 19.6. The molecule has 2 aromatic rings. The van der Waals surface area contributed by atoms with E-state index in [9.17, 15) is 22.8 Å². The van der Waals surface area contributed by atoms with Crippen molar-refractivity contribution in [3.8, 4) is 0 Å². The summed E-state index contributed by atoms with van der Waals surface area (Å²) in [6, 6.07) is 15.7. The Balaban J connectivity index is 1.40. The van der Waals surface area contributed by atoms with Gasteiger partial charge in [-0.05, 0) is 23.3 Å². The summed E-state index contributed by atoms with van der Waals surface area (Å²) in [5.41, 5.74) is 2.13. The summed E-state index contributed by atoms with van der Waals surface area (Å²) in [5, 5.41) is 5.65. The molecule has 4 rings (SSSR count). The largest absolute Gasteiger partial charge is 0.353 e. The highest BCUT2D eigenvalue weighted by Gasteiger charge is 2.32. The number of nitrogens with zero attached hydrogens (tertiary/aromatic N) is 2. The van der Waals surface area contributed by atoms with Crippen LogP contribution in [0.3, 0.4) is 0 Å². The van der Waals surface area contributed by atoms with Crippen LogP contribution in [0.4, 0.5) is 0 Å². The van der Waals surface area contributed by atoms with Gasteiger partial charge in [-0.15, -0.1) is 0 Å². The molecule has 180 valence electrons. The molecule has 2 fully saturated rings. The molecule has 0 aliphatic carbocycles. The molecular formula is C24H28N4O5S. The molecule has 3 amide bonds. The van der Waals surface area contributed by atoms with Gasteiger partial charge in [-0.25, -0.2) is 8.42 Å². The molecular weight excluding hydrogens is 456 g/mol. The molecule has 2 N–H and O–H groups in total. The van der Waals surface area contributed by atoms with Crippen molar-refractivity contribution in [2.75, 3.05) is 44.2 Å². The molecule has 0 aromatic heterocycles. The fraction of sp³-hybridized carbons (Fsp3) is 0.375. The first-order valence-electron chi connectivity index (χ1n) is 11.2. The predicted molar refractivity (Wildman–Crippen MR) is 127 cm³/mol. The van der Waals surface area contributed by atoms with E-state index in [-0.39, 0.29) is 42.3 Å². The molecule has 2 aromatic carbocycles. The topological polar surface area (TPSA) is 116 Å². The number of hydrogen-bond acceptors (Lipinski definition) is 6. The summed E-state index contributed by atoms with van der Waals surface area (Å²) in [6.07, 6.45) is 0. The third-order valence-corrected chi connectivity index (χ3v) is 7.71. The number of amides is 3. The van der Waals surface area contributed by atoms with Crippen molar-refractivity contribution < 1.29 is 22.8 Å². The van der Waals surface area contributed by atoms with Gasteiger partial charge in [0.1, 0.15) is 6.04 Å². The number of hydrogen-bond donors (Lipinski definition) is 2. The zero-order chi connectivity index (χ0) is 24.1. The molecule has 2 aliphatic heterocycles. The second kappa shape index (κ2) is 10.4. The molecule has 0 radical (unpaired) electrons. The SMILES string of the molecule is O=C1CN(C(=O)c2ccc(CNC(=O)C(c3ccccc3)N3CCS(=O)(=O)CC3)cc2)CCN1. The minimum Gasteiger partial charge on any atom is -0.353 e. The van der Waals surface area contributed by atoms with Crippen molar-refractivity contribution in [3.05, 3.63) is 71.3 Å². The van der Waals surface area contributed by atoms with Gasteiger partial charge in [0.15, 0.2) is 9.84 Å². The Morgan fingerprint density at radius 1 is 0.971 bits per heavy atom. The van der Waals surface area contributed by atoms with Gasteiger partial charge in [0.2, 0.25) is 11.8 Å². The fourth-order valence-electron chi connectivity index (χ4n) is 4.19. The first kappa shape index (κ1) is 23.9. The Morgan fingerprint density at radius 2 is 1.65 bits per heavy atom. The van der Waals surface area contributed by atoms with Gasteiger partial charge in [-0.2, -0.15) is 0 Å². The maximum absolute atomic E-state index is 13.2. The van der Waals surface area contributed by atoms with Crippen molar-refractivity contribution in [1.29, 1.82) is 0 Å². The van der Waals surface area contributed by atoms with Crippen molar-refractivity contribution in [3.63, 3.8) is 0 Å². The number of carbonyl (C=O) groups excluding carboxylic acids is 3. The smallest absolute Gasteiger partial charge is 0.254 e. The summed E-state index contributed by atoms with van der Waals surface area (Å²) in [7, 11) is -3.06. The second-order valence-electron chi connectivity index (χ2n) is 8.49. The summed E-state index contributed by atoms with van der Waals surface area (Å²) in [5.74, 6) is -0.493. The van der Waals surface area contributed by atoms with Crippen LogP contribution in [-0.2, 0) is 26.0 Å². The van der Waals surface area contributed by atoms with Crippen LogP contribution in [-0.4, -0.2) is 80.2 Å². The fourth-order valence-corrected chi connectivity index (χ4v) is 5.42. The van der Waals surface area contributed by atoms with E-state index in [4.69, 9.17) is 0 Å². The molecule has 0 saturated carbocycles. The van der Waals surface area contributed by atoms with Gasteiger partial charge in [0.25, 0.3) is 5.91 Å². The van der Waals surface area contributed by atoms with E-state index >= 15 is 0 Å². The molecule has 9 nitrogen and oxygen atoms in total. The van der Waals surface area contributed by atoms with E-state index < -0.39 is 15.9 Å². The molecule has 2 aliphatic rings. The Kier molecular flexibility index (Phi) is 7.28. The van der Waals surface area contributed by atoms with Gasteiger partial charge >= 0.3 is 0 Å². The lowest BCUT2D eigenvalue weighted by atomic mass is 10.0. The van der Waals surface area contributed by atoms with E-state index in [0.717, 1.165) is 11.1 Å². The minimum atomic E-state index is -3.06. The lowest BCUT2D eigenvalue weighted by Crippen LogP contribution is -2.49. The molecule has 10 heteroatoms. The second-order valence-corrected chi connectivity index (χ2v) is 10.8. The first-order valence-corrected chi connectivity index (χ1v) is 13.1. The molecule has 0 spiro atoms. The molecule has 0 bridgehead atoms. The highest BCUT2D eigenvalue weighted by Crippen LogP contribution is 2.23.